The van der Waals surface area contributed by atoms with Crippen molar-refractivity contribution in [3.8, 4) is 11.1 Å². The van der Waals surface area contributed by atoms with Gasteiger partial charge in [-0.15, -0.1) is 0 Å². The number of carboxylic acids is 1. The monoisotopic (exact) mass is 482 g/mol. The number of aliphatic carboxylic acids is 1. The van der Waals surface area contributed by atoms with E-state index in [-0.39, 0.29) is 36.6 Å². The number of rotatable bonds is 8. The molecule has 0 aromatic heterocycles. The molecule has 0 bridgehead atoms. The summed E-state index contributed by atoms with van der Waals surface area (Å²) in [6.45, 7) is 3.51. The van der Waals surface area contributed by atoms with Gasteiger partial charge in [0, 0.05) is 31.3 Å². The Balaban J connectivity index is 1.17. The fourth-order valence-corrected chi connectivity index (χ4v) is 5.61. The van der Waals surface area contributed by atoms with Crippen LogP contribution in [-0.2, 0) is 14.3 Å². The van der Waals surface area contributed by atoms with E-state index in [1.54, 1.807) is 4.90 Å². The quantitative estimate of drug-likeness (QED) is 0.556. The number of carbonyl (C=O) groups excluding carboxylic acids is 2. The Morgan fingerprint density at radius 1 is 1.06 bits per heavy atom. The van der Waals surface area contributed by atoms with Crippen LogP contribution in [0.15, 0.2) is 48.5 Å². The number of carboxylic acid groups (broad SMARTS) is 1. The molecule has 1 aliphatic heterocycles. The number of carbonyl (C=O) groups is 3. The molecule has 34 heavy (non-hydrogen) atoms. The second-order valence-corrected chi connectivity index (χ2v) is 10.1. The molecule has 0 spiro atoms. The van der Waals surface area contributed by atoms with Gasteiger partial charge in [0.1, 0.15) is 6.61 Å². The zero-order valence-corrected chi connectivity index (χ0v) is 20.1. The molecule has 2 atom stereocenters. The van der Waals surface area contributed by atoms with Gasteiger partial charge < -0.3 is 20.1 Å². The van der Waals surface area contributed by atoms with Crippen LogP contribution >= 0.6 is 11.8 Å². The molecule has 2 amide bonds. The molecular formula is C26H30N2O5S. The van der Waals surface area contributed by atoms with Gasteiger partial charge in [-0.05, 0) is 34.6 Å². The summed E-state index contributed by atoms with van der Waals surface area (Å²) in [5, 5.41) is 12.0. The third-order valence-electron chi connectivity index (χ3n) is 6.45. The van der Waals surface area contributed by atoms with Crippen molar-refractivity contribution in [2.75, 3.05) is 37.7 Å². The van der Waals surface area contributed by atoms with Gasteiger partial charge >= 0.3 is 12.1 Å². The number of benzene rings is 2. The first-order valence-electron chi connectivity index (χ1n) is 11.6. The number of piperidine rings is 1. The first kappa shape index (κ1) is 24.1. The van der Waals surface area contributed by atoms with Crippen LogP contribution < -0.4 is 5.32 Å². The van der Waals surface area contributed by atoms with Crippen molar-refractivity contribution in [3.05, 3.63) is 59.7 Å². The number of thioether (sulfide) groups is 1. The first-order chi connectivity index (χ1) is 16.4. The zero-order valence-electron chi connectivity index (χ0n) is 19.2. The fourth-order valence-electron chi connectivity index (χ4n) is 4.86. The number of alkyl carbamates (subject to hydrolysis) is 1. The maximum absolute atomic E-state index is 12.5. The highest BCUT2D eigenvalue weighted by atomic mass is 32.2. The smallest absolute Gasteiger partial charge is 0.407 e. The molecule has 0 radical (unpaired) electrons. The summed E-state index contributed by atoms with van der Waals surface area (Å²) in [5.74, 6) is -0.348. The standard InChI is InChI=1S/C26H30N2O5S/c1-17-12-18(25(30)31)14-28(13-17)24(29)16-34-11-10-27-26(32)33-15-23-21-8-4-2-6-19(21)20-7-3-5-9-22(20)23/h2-9,17-18,23H,10-16H2,1H3,(H,27,32)(H,30,31). The van der Waals surface area contributed by atoms with Gasteiger partial charge in [0.05, 0.1) is 11.7 Å². The van der Waals surface area contributed by atoms with Gasteiger partial charge in [0.2, 0.25) is 5.91 Å². The van der Waals surface area contributed by atoms with E-state index in [2.05, 4.69) is 29.6 Å². The Hall–Kier alpha value is -3.00. The van der Waals surface area contributed by atoms with Gasteiger partial charge in [-0.2, -0.15) is 11.8 Å². The molecule has 1 heterocycles. The van der Waals surface area contributed by atoms with Crippen molar-refractivity contribution < 1.29 is 24.2 Å². The average molecular weight is 483 g/mol. The molecule has 2 aliphatic rings. The third kappa shape index (κ3) is 5.55. The van der Waals surface area contributed by atoms with Gasteiger partial charge in [-0.3, -0.25) is 9.59 Å². The van der Waals surface area contributed by atoms with Gasteiger partial charge in [0.25, 0.3) is 0 Å². The van der Waals surface area contributed by atoms with Crippen LogP contribution in [0, 0.1) is 11.8 Å². The maximum atomic E-state index is 12.5. The Labute approximate surface area is 203 Å². The van der Waals surface area contributed by atoms with Crippen LogP contribution in [0.3, 0.4) is 0 Å². The molecule has 180 valence electrons. The van der Waals surface area contributed by atoms with E-state index in [4.69, 9.17) is 4.74 Å². The third-order valence-corrected chi connectivity index (χ3v) is 7.39. The van der Waals surface area contributed by atoms with Crippen LogP contribution in [0.4, 0.5) is 4.79 Å². The molecule has 4 rings (SSSR count). The maximum Gasteiger partial charge on any atom is 0.407 e. The van der Waals surface area contributed by atoms with E-state index in [0.717, 1.165) is 0 Å². The summed E-state index contributed by atoms with van der Waals surface area (Å²) in [6.07, 6.45) is 0.138. The topological polar surface area (TPSA) is 95.9 Å². The highest BCUT2D eigenvalue weighted by molar-refractivity contribution is 7.99. The zero-order chi connectivity index (χ0) is 24.1. The number of likely N-dealkylation sites (tertiary alicyclic amines) is 1. The average Bonchev–Trinajstić information content (AvgIpc) is 3.15. The molecule has 2 unspecified atom stereocenters. The molecule has 8 heteroatoms. The molecule has 2 N–H and O–H groups in total. The Morgan fingerprint density at radius 2 is 1.71 bits per heavy atom. The predicted molar refractivity (Wildman–Crippen MR) is 132 cm³/mol. The second kappa shape index (κ2) is 11.0. The molecule has 1 saturated heterocycles. The number of nitrogens with one attached hydrogen (secondary N) is 1. The van der Waals surface area contributed by atoms with E-state index in [0.29, 0.717) is 25.3 Å². The minimum Gasteiger partial charge on any atom is -0.481 e. The molecule has 7 nitrogen and oxygen atoms in total. The van der Waals surface area contributed by atoms with E-state index >= 15 is 0 Å². The normalized spacial score (nSPS) is 19.3. The Morgan fingerprint density at radius 3 is 2.35 bits per heavy atom. The number of nitrogens with zero attached hydrogens (tertiary/aromatic N) is 1. The Bertz CT molecular complexity index is 1010. The van der Waals surface area contributed by atoms with Crippen molar-refractivity contribution in [1.29, 1.82) is 0 Å². The van der Waals surface area contributed by atoms with Gasteiger partial charge in [0.15, 0.2) is 0 Å². The number of hydrogen-bond acceptors (Lipinski definition) is 5. The van der Waals surface area contributed by atoms with E-state index in [1.165, 1.54) is 34.0 Å². The summed E-state index contributed by atoms with van der Waals surface area (Å²) in [4.78, 5) is 37.6. The lowest BCUT2D eigenvalue weighted by atomic mass is 9.90. The SMILES string of the molecule is CC1CC(C(=O)O)CN(C(=O)CSCCNC(=O)OCC2c3ccccc3-c3ccccc32)C1. The van der Waals surface area contributed by atoms with Crippen molar-refractivity contribution in [3.63, 3.8) is 0 Å². The van der Waals surface area contributed by atoms with Gasteiger partial charge in [-0.25, -0.2) is 4.79 Å². The highest BCUT2D eigenvalue weighted by Crippen LogP contribution is 2.44. The second-order valence-electron chi connectivity index (χ2n) is 8.98. The van der Waals surface area contributed by atoms with Crippen molar-refractivity contribution in [1.82, 2.24) is 10.2 Å². The highest BCUT2D eigenvalue weighted by Gasteiger charge is 2.32. The van der Waals surface area contributed by atoms with Crippen molar-refractivity contribution in [2.45, 2.75) is 19.3 Å². The number of ether oxygens (including phenoxy) is 1. The molecule has 1 aliphatic carbocycles. The molecule has 2 aromatic rings. The first-order valence-corrected chi connectivity index (χ1v) is 12.8. The summed E-state index contributed by atoms with van der Waals surface area (Å²) in [6, 6.07) is 16.4. The van der Waals surface area contributed by atoms with Crippen LogP contribution in [0.2, 0.25) is 0 Å². The Kier molecular flexibility index (Phi) is 7.77. The molecular weight excluding hydrogens is 452 g/mol. The fraction of sp³-hybridized carbons (Fsp3) is 0.423. The summed E-state index contributed by atoms with van der Waals surface area (Å²) in [5.41, 5.74) is 4.71. The minimum absolute atomic E-state index is 0.0201. The number of amides is 2. The van der Waals surface area contributed by atoms with E-state index < -0.39 is 18.0 Å². The van der Waals surface area contributed by atoms with Gasteiger partial charge in [-0.1, -0.05) is 55.5 Å². The lowest BCUT2D eigenvalue weighted by Crippen LogP contribution is -2.46. The van der Waals surface area contributed by atoms with Crippen LogP contribution in [-0.4, -0.2) is 65.7 Å². The summed E-state index contributed by atoms with van der Waals surface area (Å²) >= 11 is 1.42. The van der Waals surface area contributed by atoms with Crippen LogP contribution in [0.1, 0.15) is 30.4 Å². The lowest BCUT2D eigenvalue weighted by molar-refractivity contribution is -0.146. The summed E-state index contributed by atoms with van der Waals surface area (Å²) in [7, 11) is 0. The lowest BCUT2D eigenvalue weighted by Gasteiger charge is -2.34. The number of fused-ring (bicyclic) bond motifs is 3. The van der Waals surface area contributed by atoms with Crippen LogP contribution in [0.25, 0.3) is 11.1 Å². The largest absolute Gasteiger partial charge is 0.481 e. The van der Waals surface area contributed by atoms with Crippen molar-refractivity contribution in [2.24, 2.45) is 11.8 Å². The van der Waals surface area contributed by atoms with Crippen LogP contribution in [0.5, 0.6) is 0 Å². The van der Waals surface area contributed by atoms with Crippen molar-refractivity contribution >= 4 is 29.7 Å². The summed E-state index contributed by atoms with van der Waals surface area (Å²) < 4.78 is 5.52. The molecule has 1 fully saturated rings. The minimum atomic E-state index is -0.843. The predicted octanol–water partition coefficient (Wildman–Crippen LogP) is 3.83. The molecule has 2 aromatic carbocycles. The molecule has 0 saturated carbocycles. The van der Waals surface area contributed by atoms with E-state index in [1.807, 2.05) is 31.2 Å². The van der Waals surface area contributed by atoms with E-state index in [9.17, 15) is 19.5 Å². The number of hydrogen-bond donors (Lipinski definition) is 2.